The van der Waals surface area contributed by atoms with Crippen LogP contribution in [-0.2, 0) is 4.74 Å². The van der Waals surface area contributed by atoms with Crippen molar-refractivity contribution in [2.45, 2.75) is 34.6 Å². The molecule has 0 N–H and O–H groups in total. The zero-order valence-corrected chi connectivity index (χ0v) is 21.3. The third-order valence-electron chi connectivity index (χ3n) is 3.55. The topological polar surface area (TPSA) is 44.1 Å². The van der Waals surface area contributed by atoms with Crippen LogP contribution in [0.5, 0.6) is 0 Å². The van der Waals surface area contributed by atoms with Gasteiger partial charge in [-0.15, -0.1) is 0 Å². The van der Waals surface area contributed by atoms with Crippen molar-refractivity contribution in [1.82, 2.24) is 9.78 Å². The van der Waals surface area contributed by atoms with E-state index in [4.69, 9.17) is 39.5 Å². The van der Waals surface area contributed by atoms with E-state index in [1.165, 1.54) is 0 Å². The second-order valence-corrected chi connectivity index (χ2v) is 7.32. The fourth-order valence-electron chi connectivity index (χ4n) is 2.41. The van der Waals surface area contributed by atoms with E-state index in [0.717, 1.165) is 5.56 Å². The first-order valence-electron chi connectivity index (χ1n) is 9.59. The number of esters is 1. The van der Waals surface area contributed by atoms with Gasteiger partial charge in [-0.3, -0.25) is 0 Å². The summed E-state index contributed by atoms with van der Waals surface area (Å²) in [5.74, 6) is -0.529. The van der Waals surface area contributed by atoms with Gasteiger partial charge in [-0.2, -0.15) is 5.10 Å². The van der Waals surface area contributed by atoms with Gasteiger partial charge in [0.1, 0.15) is 0 Å². The van der Waals surface area contributed by atoms with Gasteiger partial charge in [0.25, 0.3) is 0 Å². The smallest absolute Gasteiger partial charge is 0.360 e. The number of carbonyl (C=O) groups is 1. The van der Waals surface area contributed by atoms with E-state index in [2.05, 4.69) is 21.0 Å². The van der Waals surface area contributed by atoms with Crippen LogP contribution in [0.2, 0.25) is 15.1 Å². The first-order chi connectivity index (χ1) is 14.4. The number of ether oxygens (including phenoxy) is 1. The predicted octanol–water partition coefficient (Wildman–Crippen LogP) is 8.49. The highest BCUT2D eigenvalue weighted by molar-refractivity contribution is 9.10. The molecule has 0 saturated heterocycles. The number of hydrogen-bond donors (Lipinski definition) is 0. The molecule has 30 heavy (non-hydrogen) atoms. The van der Waals surface area contributed by atoms with Crippen LogP contribution >= 0.6 is 50.7 Å². The molecule has 4 nitrogen and oxygen atoms in total. The first kappa shape index (κ1) is 26.5. The monoisotopic (exact) mass is 532 g/mol. The van der Waals surface area contributed by atoms with Gasteiger partial charge in [-0.05, 0) is 53.2 Å². The Labute approximate surface area is 201 Å². The molecular weight excluding hydrogens is 511 g/mol. The maximum absolute atomic E-state index is 12.3. The number of carbonyl (C=O) groups excluding carboxylic acids is 1. The molecule has 0 fully saturated rings. The van der Waals surface area contributed by atoms with Crippen LogP contribution in [0.4, 0.5) is 0 Å². The number of aromatic nitrogens is 2. The predicted molar refractivity (Wildman–Crippen MR) is 130 cm³/mol. The van der Waals surface area contributed by atoms with Crippen LogP contribution in [0.15, 0.2) is 46.9 Å². The molecule has 0 saturated carbocycles. The van der Waals surface area contributed by atoms with Crippen molar-refractivity contribution >= 4 is 56.7 Å². The minimum atomic E-state index is -0.529. The molecular formula is C22H24BrCl3N2O2. The third kappa shape index (κ3) is 6.24. The van der Waals surface area contributed by atoms with Gasteiger partial charge >= 0.3 is 5.97 Å². The highest BCUT2D eigenvalue weighted by Gasteiger charge is 2.25. The molecule has 3 aromatic rings. The van der Waals surface area contributed by atoms with E-state index in [9.17, 15) is 4.79 Å². The fraction of sp³-hybridized carbons (Fsp3) is 0.273. The number of halogens is 4. The molecule has 0 spiro atoms. The zero-order chi connectivity index (χ0) is 22.8. The SMILES string of the molecule is CC.CC.CCOC(=O)c1nn(-c2ccc(Cl)cc2Cl)c(-c2ccc(Cl)cc2)c1Br. The summed E-state index contributed by atoms with van der Waals surface area (Å²) in [6.45, 7) is 9.98. The molecule has 0 unspecified atom stereocenters. The quantitative estimate of drug-likeness (QED) is 0.315. The molecule has 1 heterocycles. The lowest BCUT2D eigenvalue weighted by Crippen LogP contribution is -2.07. The Kier molecular flexibility index (Phi) is 11.5. The van der Waals surface area contributed by atoms with Crippen LogP contribution < -0.4 is 0 Å². The number of hydrogen-bond acceptors (Lipinski definition) is 3. The van der Waals surface area contributed by atoms with Gasteiger partial charge in [0.05, 0.1) is 27.5 Å². The van der Waals surface area contributed by atoms with Gasteiger partial charge in [0, 0.05) is 15.6 Å². The number of nitrogens with zero attached hydrogens (tertiary/aromatic N) is 2. The van der Waals surface area contributed by atoms with Crippen molar-refractivity contribution < 1.29 is 9.53 Å². The van der Waals surface area contributed by atoms with Crippen LogP contribution in [0.1, 0.15) is 45.1 Å². The number of rotatable bonds is 4. The molecule has 0 bridgehead atoms. The molecule has 3 rings (SSSR count). The minimum Gasteiger partial charge on any atom is -0.461 e. The largest absolute Gasteiger partial charge is 0.461 e. The Morgan fingerprint density at radius 2 is 1.57 bits per heavy atom. The summed E-state index contributed by atoms with van der Waals surface area (Å²) in [6.07, 6.45) is 0. The molecule has 0 atom stereocenters. The van der Waals surface area contributed by atoms with Crippen molar-refractivity contribution in [3.05, 3.63) is 67.7 Å². The summed E-state index contributed by atoms with van der Waals surface area (Å²) in [7, 11) is 0. The highest BCUT2D eigenvalue weighted by atomic mass is 79.9. The maximum atomic E-state index is 12.3. The summed E-state index contributed by atoms with van der Waals surface area (Å²) < 4.78 is 7.18. The van der Waals surface area contributed by atoms with Gasteiger partial charge in [-0.1, -0.05) is 74.6 Å². The Morgan fingerprint density at radius 1 is 1.00 bits per heavy atom. The van der Waals surface area contributed by atoms with Crippen molar-refractivity contribution in [1.29, 1.82) is 0 Å². The summed E-state index contributed by atoms with van der Waals surface area (Å²) in [4.78, 5) is 12.3. The Balaban J connectivity index is 0.00000106. The highest BCUT2D eigenvalue weighted by Crippen LogP contribution is 2.36. The van der Waals surface area contributed by atoms with Gasteiger partial charge in [0.2, 0.25) is 0 Å². The Hall–Kier alpha value is -1.53. The van der Waals surface area contributed by atoms with E-state index in [0.29, 0.717) is 30.9 Å². The molecule has 0 aliphatic rings. The van der Waals surface area contributed by atoms with Gasteiger partial charge in [-0.25, -0.2) is 9.48 Å². The van der Waals surface area contributed by atoms with Crippen LogP contribution in [0.3, 0.4) is 0 Å². The molecule has 1 aromatic heterocycles. The second-order valence-electron chi connectivity index (χ2n) is 5.25. The number of benzene rings is 2. The average Bonchev–Trinajstić information content (AvgIpc) is 3.09. The first-order valence-corrected chi connectivity index (χ1v) is 11.5. The summed E-state index contributed by atoms with van der Waals surface area (Å²) in [6, 6.07) is 12.2. The van der Waals surface area contributed by atoms with E-state index in [1.807, 2.05) is 39.8 Å². The van der Waals surface area contributed by atoms with E-state index < -0.39 is 5.97 Å². The minimum absolute atomic E-state index is 0.155. The van der Waals surface area contributed by atoms with Crippen molar-refractivity contribution in [3.8, 4) is 16.9 Å². The lowest BCUT2D eigenvalue weighted by atomic mass is 10.1. The fourth-order valence-corrected chi connectivity index (χ4v) is 3.67. The molecule has 0 amide bonds. The van der Waals surface area contributed by atoms with Gasteiger partial charge in [0.15, 0.2) is 5.69 Å². The second kappa shape index (κ2) is 13.0. The molecule has 162 valence electrons. The molecule has 0 aliphatic carbocycles. The Morgan fingerprint density at radius 3 is 2.10 bits per heavy atom. The van der Waals surface area contributed by atoms with E-state index >= 15 is 0 Å². The van der Waals surface area contributed by atoms with E-state index in [-0.39, 0.29) is 12.3 Å². The van der Waals surface area contributed by atoms with Crippen molar-refractivity contribution in [2.24, 2.45) is 0 Å². The van der Waals surface area contributed by atoms with Crippen molar-refractivity contribution in [3.63, 3.8) is 0 Å². The molecule has 0 radical (unpaired) electrons. The van der Waals surface area contributed by atoms with Gasteiger partial charge < -0.3 is 4.74 Å². The molecule has 0 aliphatic heterocycles. The lowest BCUT2D eigenvalue weighted by Gasteiger charge is -2.10. The third-order valence-corrected chi connectivity index (χ3v) is 5.09. The summed E-state index contributed by atoms with van der Waals surface area (Å²) >= 11 is 21.8. The normalized spacial score (nSPS) is 9.77. The van der Waals surface area contributed by atoms with Crippen LogP contribution in [0, 0.1) is 0 Å². The van der Waals surface area contributed by atoms with E-state index in [1.54, 1.807) is 41.9 Å². The lowest BCUT2D eigenvalue weighted by molar-refractivity contribution is 0.0518. The summed E-state index contributed by atoms with van der Waals surface area (Å²) in [5.41, 5.74) is 2.18. The zero-order valence-electron chi connectivity index (χ0n) is 17.5. The average molecular weight is 535 g/mol. The standard InChI is InChI=1S/C18H12BrCl3N2O2.2C2H6/c1-2-26-18(25)16-15(19)17(10-3-5-11(20)6-4-10)24(23-16)14-8-7-12(21)9-13(14)22;2*1-2/h3-9H,2H2,1H3;2*1-2H3. The van der Waals surface area contributed by atoms with Crippen LogP contribution in [0.25, 0.3) is 16.9 Å². The van der Waals surface area contributed by atoms with Crippen molar-refractivity contribution in [2.75, 3.05) is 6.61 Å². The maximum Gasteiger partial charge on any atom is 0.360 e. The molecule has 2 aromatic carbocycles. The molecule has 8 heteroatoms. The van der Waals surface area contributed by atoms with Crippen LogP contribution in [-0.4, -0.2) is 22.4 Å². The Bertz CT molecular complexity index is 973. The summed E-state index contributed by atoms with van der Waals surface area (Å²) in [5, 5.41) is 5.93.